The summed E-state index contributed by atoms with van der Waals surface area (Å²) in [6.45, 7) is 3.73. The molecule has 0 unspecified atom stereocenters. The van der Waals surface area contributed by atoms with E-state index in [0.717, 1.165) is 0 Å². The van der Waals surface area contributed by atoms with E-state index in [2.05, 4.69) is 10.6 Å². The van der Waals surface area contributed by atoms with Gasteiger partial charge in [0.2, 0.25) is 5.91 Å². The normalized spacial score (nSPS) is 11.6. The SMILES string of the molecule is CC(C)C[C@@H](NC(=O)CCNC(=O)c1ccc([N+](=O)[O-])cc1)C(=O)O. The first-order valence-electron chi connectivity index (χ1n) is 7.75. The fourth-order valence-corrected chi connectivity index (χ4v) is 2.09. The van der Waals surface area contributed by atoms with Crippen LogP contribution in [-0.4, -0.2) is 40.4 Å². The van der Waals surface area contributed by atoms with E-state index in [4.69, 9.17) is 5.11 Å². The summed E-state index contributed by atoms with van der Waals surface area (Å²) in [7, 11) is 0. The number of nitro benzene ring substituents is 1. The number of benzene rings is 1. The lowest BCUT2D eigenvalue weighted by atomic mass is 10.0. The molecular weight excluding hydrogens is 330 g/mol. The maximum Gasteiger partial charge on any atom is 0.326 e. The van der Waals surface area contributed by atoms with Gasteiger partial charge < -0.3 is 15.7 Å². The highest BCUT2D eigenvalue weighted by Crippen LogP contribution is 2.11. The smallest absolute Gasteiger partial charge is 0.326 e. The van der Waals surface area contributed by atoms with Gasteiger partial charge in [-0.2, -0.15) is 0 Å². The van der Waals surface area contributed by atoms with Gasteiger partial charge in [0.15, 0.2) is 0 Å². The minimum atomic E-state index is -1.10. The van der Waals surface area contributed by atoms with Crippen LogP contribution >= 0.6 is 0 Å². The van der Waals surface area contributed by atoms with Gasteiger partial charge >= 0.3 is 5.97 Å². The third-order valence-electron chi connectivity index (χ3n) is 3.32. The van der Waals surface area contributed by atoms with E-state index in [1.807, 2.05) is 13.8 Å². The maximum atomic E-state index is 11.9. The number of carbonyl (C=O) groups is 3. The summed E-state index contributed by atoms with van der Waals surface area (Å²) in [5.74, 6) is -1.93. The lowest BCUT2D eigenvalue weighted by Gasteiger charge is -2.16. The fraction of sp³-hybridized carbons (Fsp3) is 0.438. The minimum Gasteiger partial charge on any atom is -0.480 e. The van der Waals surface area contributed by atoms with Crippen LogP contribution in [0, 0.1) is 16.0 Å². The molecule has 0 aromatic heterocycles. The van der Waals surface area contributed by atoms with Gasteiger partial charge in [-0.05, 0) is 24.5 Å². The molecule has 1 rings (SSSR count). The third-order valence-corrected chi connectivity index (χ3v) is 3.32. The zero-order chi connectivity index (χ0) is 19.0. The first-order valence-corrected chi connectivity index (χ1v) is 7.75. The van der Waals surface area contributed by atoms with Gasteiger partial charge in [0.1, 0.15) is 6.04 Å². The summed E-state index contributed by atoms with van der Waals surface area (Å²) >= 11 is 0. The highest BCUT2D eigenvalue weighted by Gasteiger charge is 2.20. The lowest BCUT2D eigenvalue weighted by Crippen LogP contribution is -2.42. The van der Waals surface area contributed by atoms with Crippen molar-refractivity contribution in [3.8, 4) is 0 Å². The largest absolute Gasteiger partial charge is 0.480 e. The molecule has 2 amide bonds. The molecule has 1 aromatic rings. The average Bonchev–Trinajstić information content (AvgIpc) is 2.53. The predicted octanol–water partition coefficient (Wildman–Crippen LogP) is 1.33. The van der Waals surface area contributed by atoms with Crippen molar-refractivity contribution in [2.75, 3.05) is 6.54 Å². The van der Waals surface area contributed by atoms with E-state index < -0.39 is 28.7 Å². The number of hydrogen-bond acceptors (Lipinski definition) is 5. The van der Waals surface area contributed by atoms with Crippen LogP contribution in [0.3, 0.4) is 0 Å². The number of nitrogens with zero attached hydrogens (tertiary/aromatic N) is 1. The third kappa shape index (κ3) is 6.98. The second-order valence-corrected chi connectivity index (χ2v) is 5.90. The molecule has 25 heavy (non-hydrogen) atoms. The quantitative estimate of drug-likeness (QED) is 0.453. The molecule has 0 saturated heterocycles. The molecule has 1 atom stereocenters. The minimum absolute atomic E-state index is 0.0235. The van der Waals surface area contributed by atoms with Gasteiger partial charge in [-0.1, -0.05) is 13.8 Å². The van der Waals surface area contributed by atoms with Crippen molar-refractivity contribution in [3.63, 3.8) is 0 Å². The molecule has 0 aliphatic rings. The Hall–Kier alpha value is -2.97. The molecule has 3 N–H and O–H groups in total. The lowest BCUT2D eigenvalue weighted by molar-refractivity contribution is -0.384. The van der Waals surface area contributed by atoms with Crippen LogP contribution in [0.1, 0.15) is 37.0 Å². The summed E-state index contributed by atoms with van der Waals surface area (Å²) in [6.07, 6.45) is 0.247. The van der Waals surface area contributed by atoms with Gasteiger partial charge in [0.25, 0.3) is 11.6 Å². The van der Waals surface area contributed by atoms with Crippen molar-refractivity contribution in [1.29, 1.82) is 0 Å². The zero-order valence-corrected chi connectivity index (χ0v) is 14.0. The summed E-state index contributed by atoms with van der Waals surface area (Å²) < 4.78 is 0. The molecule has 0 radical (unpaired) electrons. The van der Waals surface area contributed by atoms with E-state index in [1.165, 1.54) is 24.3 Å². The van der Waals surface area contributed by atoms with Gasteiger partial charge in [-0.15, -0.1) is 0 Å². The molecule has 9 heteroatoms. The van der Waals surface area contributed by atoms with E-state index in [9.17, 15) is 24.5 Å². The Labute approximate surface area is 144 Å². The summed E-state index contributed by atoms with van der Waals surface area (Å²) in [4.78, 5) is 44.7. The van der Waals surface area contributed by atoms with Crippen molar-refractivity contribution in [3.05, 3.63) is 39.9 Å². The Kier molecular flexibility index (Phi) is 7.51. The molecule has 9 nitrogen and oxygen atoms in total. The van der Waals surface area contributed by atoms with Crippen LogP contribution in [0.15, 0.2) is 24.3 Å². The molecule has 0 fully saturated rings. The number of carboxylic acid groups (broad SMARTS) is 1. The highest BCUT2D eigenvalue weighted by molar-refractivity contribution is 5.94. The Balaban J connectivity index is 2.45. The number of non-ortho nitro benzene ring substituents is 1. The van der Waals surface area contributed by atoms with Crippen molar-refractivity contribution in [1.82, 2.24) is 10.6 Å². The van der Waals surface area contributed by atoms with Crippen LogP contribution in [0.5, 0.6) is 0 Å². The number of nitrogens with one attached hydrogen (secondary N) is 2. The monoisotopic (exact) mass is 351 g/mol. The number of carboxylic acids is 1. The fourth-order valence-electron chi connectivity index (χ4n) is 2.09. The van der Waals surface area contributed by atoms with Crippen molar-refractivity contribution in [2.45, 2.75) is 32.7 Å². The second-order valence-electron chi connectivity index (χ2n) is 5.90. The number of carbonyl (C=O) groups excluding carboxylic acids is 2. The van der Waals surface area contributed by atoms with Crippen LogP contribution in [0.25, 0.3) is 0 Å². The van der Waals surface area contributed by atoms with Crippen LogP contribution in [-0.2, 0) is 9.59 Å². The predicted molar refractivity (Wildman–Crippen MR) is 89.1 cm³/mol. The molecule has 0 spiro atoms. The summed E-state index contributed by atoms with van der Waals surface area (Å²) in [6, 6.07) is 4.10. The molecule has 0 aliphatic carbocycles. The topological polar surface area (TPSA) is 139 Å². The van der Waals surface area contributed by atoms with Gasteiger partial charge in [0, 0.05) is 30.7 Å². The number of nitro groups is 1. The standard InChI is InChI=1S/C16H21N3O6/c1-10(2)9-13(16(22)23)18-14(20)7-8-17-15(21)11-3-5-12(6-4-11)19(24)25/h3-6,10,13H,7-9H2,1-2H3,(H,17,21)(H,18,20)(H,22,23)/t13-/m1/s1. The van der Waals surface area contributed by atoms with Crippen molar-refractivity contribution >= 4 is 23.5 Å². The maximum absolute atomic E-state index is 11.9. The molecule has 0 bridgehead atoms. The second kappa shape index (κ2) is 9.36. The van der Waals surface area contributed by atoms with Gasteiger partial charge in [-0.25, -0.2) is 4.79 Å². The van der Waals surface area contributed by atoms with E-state index >= 15 is 0 Å². The molecule has 136 valence electrons. The van der Waals surface area contributed by atoms with Crippen molar-refractivity contribution in [2.24, 2.45) is 5.92 Å². The molecule has 1 aromatic carbocycles. The Morgan fingerprint density at radius 2 is 1.80 bits per heavy atom. The van der Waals surface area contributed by atoms with E-state index in [1.54, 1.807) is 0 Å². The Morgan fingerprint density at radius 1 is 1.20 bits per heavy atom. The number of aliphatic carboxylic acids is 1. The Bertz CT molecular complexity index is 642. The van der Waals surface area contributed by atoms with Crippen LogP contribution in [0.2, 0.25) is 0 Å². The molecule has 0 saturated carbocycles. The summed E-state index contributed by atoms with van der Waals surface area (Å²) in [5, 5.41) is 24.5. The molecule has 0 heterocycles. The molecule has 0 aliphatic heterocycles. The highest BCUT2D eigenvalue weighted by atomic mass is 16.6. The van der Waals surface area contributed by atoms with E-state index in [0.29, 0.717) is 6.42 Å². The van der Waals surface area contributed by atoms with Crippen molar-refractivity contribution < 1.29 is 24.4 Å². The van der Waals surface area contributed by atoms with E-state index in [-0.39, 0.29) is 30.1 Å². The average molecular weight is 351 g/mol. The number of rotatable bonds is 9. The first-order chi connectivity index (χ1) is 11.7. The molecular formula is C16H21N3O6. The zero-order valence-electron chi connectivity index (χ0n) is 14.0. The van der Waals surface area contributed by atoms with Crippen LogP contribution in [0.4, 0.5) is 5.69 Å². The van der Waals surface area contributed by atoms with Crippen LogP contribution < -0.4 is 10.6 Å². The van der Waals surface area contributed by atoms with Gasteiger partial charge in [0.05, 0.1) is 4.92 Å². The number of hydrogen-bond donors (Lipinski definition) is 3. The van der Waals surface area contributed by atoms with Gasteiger partial charge in [-0.3, -0.25) is 19.7 Å². The summed E-state index contributed by atoms with van der Waals surface area (Å²) in [5.41, 5.74) is 0.107. The number of amides is 2. The Morgan fingerprint density at radius 3 is 2.28 bits per heavy atom. The first kappa shape index (κ1) is 20.1.